The van der Waals surface area contributed by atoms with E-state index < -0.39 is 0 Å². The van der Waals surface area contributed by atoms with Crippen LogP contribution in [0.2, 0.25) is 0 Å². The maximum atomic E-state index is 10.4. The van der Waals surface area contributed by atoms with Gasteiger partial charge in [-0.3, -0.25) is 4.79 Å². The van der Waals surface area contributed by atoms with Crippen molar-refractivity contribution in [1.29, 1.82) is 0 Å². The second kappa shape index (κ2) is 5.18. The van der Waals surface area contributed by atoms with Gasteiger partial charge in [0.2, 0.25) is 5.91 Å². The lowest BCUT2D eigenvalue weighted by atomic mass is 10.3. The van der Waals surface area contributed by atoms with Crippen molar-refractivity contribution in [3.63, 3.8) is 0 Å². The van der Waals surface area contributed by atoms with Crippen LogP contribution in [0.25, 0.3) is 0 Å². The number of amides is 1. The maximum Gasteiger partial charge on any atom is 0.217 e. The molecule has 1 rings (SSSR count). The zero-order valence-electron chi connectivity index (χ0n) is 6.92. The molecule has 13 heavy (non-hydrogen) atoms. The lowest BCUT2D eigenvalue weighted by Gasteiger charge is -1.99. The van der Waals surface area contributed by atoms with E-state index in [-0.39, 0.29) is 5.91 Å². The molecule has 0 fully saturated rings. The highest BCUT2D eigenvalue weighted by molar-refractivity contribution is 9.10. The Morgan fingerprint density at radius 3 is 3.08 bits per heavy atom. The molecule has 0 saturated heterocycles. The van der Waals surface area contributed by atoms with Gasteiger partial charge in [-0.25, -0.2) is 4.98 Å². The van der Waals surface area contributed by atoms with Crippen LogP contribution < -0.4 is 11.1 Å². The summed E-state index contributed by atoms with van der Waals surface area (Å²) in [7, 11) is 0. The maximum absolute atomic E-state index is 10.4. The number of hydrogen-bond acceptors (Lipinski definition) is 4. The van der Waals surface area contributed by atoms with Gasteiger partial charge in [0.05, 0.1) is 0 Å². The van der Waals surface area contributed by atoms with Crippen molar-refractivity contribution in [2.45, 2.75) is 12.8 Å². The number of halogens is 1. The van der Waals surface area contributed by atoms with Gasteiger partial charge in [-0.15, -0.1) is 11.3 Å². The number of anilines is 1. The molecule has 1 heterocycles. The van der Waals surface area contributed by atoms with E-state index in [0.29, 0.717) is 6.42 Å². The van der Waals surface area contributed by atoms with E-state index in [0.717, 1.165) is 22.7 Å². The summed E-state index contributed by atoms with van der Waals surface area (Å²) >= 11 is 4.77. The highest BCUT2D eigenvalue weighted by atomic mass is 79.9. The molecule has 0 radical (unpaired) electrons. The molecule has 1 amide bonds. The van der Waals surface area contributed by atoms with E-state index in [4.69, 9.17) is 5.73 Å². The molecule has 0 aliphatic heterocycles. The number of carbonyl (C=O) groups excluding carboxylic acids is 1. The van der Waals surface area contributed by atoms with Crippen molar-refractivity contribution in [3.05, 3.63) is 9.98 Å². The van der Waals surface area contributed by atoms with Crippen LogP contribution in [0.15, 0.2) is 9.98 Å². The quantitative estimate of drug-likeness (QED) is 0.793. The lowest BCUT2D eigenvalue weighted by Crippen LogP contribution is -2.12. The van der Waals surface area contributed by atoms with Crippen LogP contribution in [-0.2, 0) is 4.79 Å². The first-order chi connectivity index (χ1) is 6.18. The van der Waals surface area contributed by atoms with Crippen LogP contribution in [0.5, 0.6) is 0 Å². The van der Waals surface area contributed by atoms with E-state index in [2.05, 4.69) is 26.2 Å². The highest BCUT2D eigenvalue weighted by Gasteiger charge is 1.98. The molecule has 0 aliphatic rings. The Morgan fingerprint density at radius 2 is 2.54 bits per heavy atom. The minimum Gasteiger partial charge on any atom is -0.370 e. The number of primary amides is 1. The molecule has 0 bridgehead atoms. The Balaban J connectivity index is 2.16. The molecular formula is C7H10BrN3OS. The molecule has 72 valence electrons. The molecule has 0 atom stereocenters. The van der Waals surface area contributed by atoms with Crippen molar-refractivity contribution >= 4 is 38.3 Å². The molecule has 0 saturated carbocycles. The molecule has 1 aromatic rings. The summed E-state index contributed by atoms with van der Waals surface area (Å²) in [5.41, 5.74) is 4.99. The van der Waals surface area contributed by atoms with Crippen LogP contribution >= 0.6 is 27.3 Å². The van der Waals surface area contributed by atoms with Gasteiger partial charge >= 0.3 is 0 Å². The van der Waals surface area contributed by atoms with Crippen LogP contribution in [0.1, 0.15) is 12.8 Å². The van der Waals surface area contributed by atoms with Gasteiger partial charge in [-0.05, 0) is 22.4 Å². The monoisotopic (exact) mass is 263 g/mol. The molecule has 1 aromatic heterocycles. The summed E-state index contributed by atoms with van der Waals surface area (Å²) in [4.78, 5) is 14.5. The number of hydrogen-bond donors (Lipinski definition) is 2. The average Bonchev–Trinajstić information content (AvgIpc) is 2.45. The number of rotatable bonds is 5. The van der Waals surface area contributed by atoms with Crippen molar-refractivity contribution in [2.75, 3.05) is 11.9 Å². The van der Waals surface area contributed by atoms with Crippen molar-refractivity contribution in [1.82, 2.24) is 4.98 Å². The number of nitrogens with two attached hydrogens (primary N) is 1. The third kappa shape index (κ3) is 4.23. The molecule has 6 heteroatoms. The van der Waals surface area contributed by atoms with E-state index >= 15 is 0 Å². The van der Waals surface area contributed by atoms with Gasteiger partial charge < -0.3 is 11.1 Å². The van der Waals surface area contributed by atoms with Crippen LogP contribution in [0.3, 0.4) is 0 Å². The van der Waals surface area contributed by atoms with Gasteiger partial charge in [0, 0.05) is 18.3 Å². The van der Waals surface area contributed by atoms with E-state index in [1.165, 1.54) is 11.3 Å². The van der Waals surface area contributed by atoms with Gasteiger partial charge in [-0.1, -0.05) is 0 Å². The SMILES string of the molecule is NC(=O)CCCNc1nc(Br)cs1. The van der Waals surface area contributed by atoms with E-state index in [9.17, 15) is 4.79 Å². The first-order valence-corrected chi connectivity index (χ1v) is 5.49. The van der Waals surface area contributed by atoms with E-state index in [1.54, 1.807) is 0 Å². The third-order valence-corrected chi connectivity index (χ3v) is 2.86. The molecule has 4 nitrogen and oxygen atoms in total. The number of carbonyl (C=O) groups is 1. The predicted molar refractivity (Wildman–Crippen MR) is 56.7 cm³/mol. The Hall–Kier alpha value is -0.620. The van der Waals surface area contributed by atoms with Crippen LogP contribution in [-0.4, -0.2) is 17.4 Å². The molecule has 0 spiro atoms. The number of aromatic nitrogens is 1. The summed E-state index contributed by atoms with van der Waals surface area (Å²) in [5, 5.41) is 5.85. The molecular weight excluding hydrogens is 254 g/mol. The zero-order valence-corrected chi connectivity index (χ0v) is 9.32. The third-order valence-electron chi connectivity index (χ3n) is 1.35. The molecule has 0 aliphatic carbocycles. The van der Waals surface area contributed by atoms with Crippen molar-refractivity contribution in [3.8, 4) is 0 Å². The van der Waals surface area contributed by atoms with Crippen LogP contribution in [0, 0.1) is 0 Å². The minimum absolute atomic E-state index is 0.262. The normalized spacial score (nSPS) is 9.92. The number of nitrogens with zero attached hydrogens (tertiary/aromatic N) is 1. The Bertz CT molecular complexity index is 289. The second-order valence-electron chi connectivity index (χ2n) is 2.47. The summed E-state index contributed by atoms with van der Waals surface area (Å²) in [6.45, 7) is 0.725. The molecule has 3 N–H and O–H groups in total. The Labute approximate surface area is 88.7 Å². The average molecular weight is 264 g/mol. The van der Waals surface area contributed by atoms with Gasteiger partial charge in [0.25, 0.3) is 0 Å². The summed E-state index contributed by atoms with van der Waals surface area (Å²) in [5.74, 6) is -0.262. The second-order valence-corrected chi connectivity index (χ2v) is 4.14. The summed E-state index contributed by atoms with van der Waals surface area (Å²) < 4.78 is 0.829. The Morgan fingerprint density at radius 1 is 1.77 bits per heavy atom. The van der Waals surface area contributed by atoms with Gasteiger partial charge in [0.1, 0.15) is 4.60 Å². The van der Waals surface area contributed by atoms with Crippen molar-refractivity contribution in [2.24, 2.45) is 5.73 Å². The van der Waals surface area contributed by atoms with Gasteiger partial charge in [-0.2, -0.15) is 0 Å². The van der Waals surface area contributed by atoms with Gasteiger partial charge in [0.15, 0.2) is 5.13 Å². The minimum atomic E-state index is -0.262. The highest BCUT2D eigenvalue weighted by Crippen LogP contribution is 2.19. The van der Waals surface area contributed by atoms with E-state index in [1.807, 2.05) is 5.38 Å². The summed E-state index contributed by atoms with van der Waals surface area (Å²) in [6.07, 6.45) is 1.16. The standard InChI is InChI=1S/C7H10BrN3OS/c8-5-4-13-7(11-5)10-3-1-2-6(9)12/h4H,1-3H2,(H2,9,12)(H,10,11). The fourth-order valence-electron chi connectivity index (χ4n) is 0.793. The van der Waals surface area contributed by atoms with Crippen LogP contribution in [0.4, 0.5) is 5.13 Å². The first kappa shape index (κ1) is 10.5. The number of nitrogens with one attached hydrogen (secondary N) is 1. The first-order valence-electron chi connectivity index (χ1n) is 3.81. The van der Waals surface area contributed by atoms with Crippen molar-refractivity contribution < 1.29 is 4.79 Å². The fourth-order valence-corrected chi connectivity index (χ4v) is 1.97. The number of thiazole rings is 1. The summed E-state index contributed by atoms with van der Waals surface area (Å²) in [6, 6.07) is 0. The Kier molecular flexibility index (Phi) is 4.17. The molecule has 0 aromatic carbocycles. The largest absolute Gasteiger partial charge is 0.370 e. The molecule has 0 unspecified atom stereocenters. The predicted octanol–water partition coefficient (Wildman–Crippen LogP) is 1.58. The zero-order chi connectivity index (χ0) is 9.68. The topological polar surface area (TPSA) is 68.0 Å². The lowest BCUT2D eigenvalue weighted by molar-refractivity contribution is -0.118. The fraction of sp³-hybridized carbons (Fsp3) is 0.429. The smallest absolute Gasteiger partial charge is 0.217 e.